The molecule has 0 aromatic carbocycles. The molecule has 0 saturated heterocycles. The van der Waals surface area contributed by atoms with E-state index in [0.29, 0.717) is 6.42 Å². The predicted molar refractivity (Wildman–Crippen MR) is 282 cm³/mol. The number of rotatable bonds is 54. The maximum atomic E-state index is 12.6. The van der Waals surface area contributed by atoms with Crippen molar-refractivity contribution in [1.82, 2.24) is 5.32 Å². The van der Waals surface area contributed by atoms with E-state index >= 15 is 0 Å². The average Bonchev–Trinajstić information content (AvgIpc) is 3.30. The summed E-state index contributed by atoms with van der Waals surface area (Å²) in [6, 6.07) is -0.798. The fourth-order valence-electron chi connectivity index (χ4n) is 9.24. The minimum Gasteiger partial charge on any atom is -0.394 e. The van der Waals surface area contributed by atoms with Crippen molar-refractivity contribution < 1.29 is 20.1 Å². The zero-order valence-electron chi connectivity index (χ0n) is 43.4. The minimum atomic E-state index is -1.10. The molecule has 5 heteroatoms. The molecule has 0 aromatic rings. The van der Waals surface area contributed by atoms with Crippen molar-refractivity contribution in [3.63, 3.8) is 0 Å². The van der Waals surface area contributed by atoms with Gasteiger partial charge < -0.3 is 20.6 Å². The Bertz CT molecular complexity index is 951. The number of allylic oxidation sites excluding steroid dienone is 3. The summed E-state index contributed by atoms with van der Waals surface area (Å²) >= 11 is 0. The van der Waals surface area contributed by atoms with Gasteiger partial charge in [0, 0.05) is 0 Å². The molecule has 5 nitrogen and oxygen atoms in total. The molecule has 0 aliphatic heterocycles. The van der Waals surface area contributed by atoms with Gasteiger partial charge in [-0.15, -0.1) is 0 Å². The molecule has 0 heterocycles. The normalized spacial score (nSPS) is 13.4. The largest absolute Gasteiger partial charge is 0.394 e. The fourth-order valence-corrected chi connectivity index (χ4v) is 9.24. The second-order valence-electron chi connectivity index (χ2n) is 20.2. The van der Waals surface area contributed by atoms with Crippen molar-refractivity contribution in [2.45, 2.75) is 340 Å². The quantitative estimate of drug-likeness (QED) is 0.0362. The number of hydrogen-bond acceptors (Lipinski definition) is 4. The summed E-state index contributed by atoms with van der Waals surface area (Å²) in [6.07, 6.45) is 69.8. The molecule has 0 aliphatic carbocycles. The first-order valence-electron chi connectivity index (χ1n) is 29.2. The van der Waals surface area contributed by atoms with Crippen LogP contribution in [-0.4, -0.2) is 46.1 Å². The van der Waals surface area contributed by atoms with E-state index in [-0.39, 0.29) is 6.61 Å². The van der Waals surface area contributed by atoms with Gasteiger partial charge in [-0.3, -0.25) is 4.79 Å². The molecular weight excluding hydrogens is 787 g/mol. The third kappa shape index (κ3) is 48.8. The van der Waals surface area contributed by atoms with Crippen molar-refractivity contribution >= 4 is 5.91 Å². The van der Waals surface area contributed by atoms with Gasteiger partial charge in [0.1, 0.15) is 6.10 Å². The summed E-state index contributed by atoms with van der Waals surface area (Å²) in [5.74, 6) is -0.500. The average molecular weight is 903 g/mol. The van der Waals surface area contributed by atoms with Gasteiger partial charge in [-0.1, -0.05) is 301 Å². The lowest BCUT2D eigenvalue weighted by molar-refractivity contribution is -0.131. The molecule has 380 valence electrons. The van der Waals surface area contributed by atoms with Crippen LogP contribution in [0.25, 0.3) is 0 Å². The highest BCUT2D eigenvalue weighted by Gasteiger charge is 2.22. The van der Waals surface area contributed by atoms with Gasteiger partial charge in [-0.05, 0) is 44.9 Å². The highest BCUT2D eigenvalue weighted by atomic mass is 16.3. The summed E-state index contributed by atoms with van der Waals surface area (Å²) in [5.41, 5.74) is 0. The van der Waals surface area contributed by atoms with Crippen LogP contribution in [0.2, 0.25) is 0 Å². The molecule has 1 amide bonds. The van der Waals surface area contributed by atoms with Crippen molar-refractivity contribution in [3.05, 3.63) is 24.3 Å². The number of carbonyl (C=O) groups is 1. The zero-order chi connectivity index (χ0) is 46.5. The number of amides is 1. The molecule has 0 radical (unpaired) electrons. The lowest BCUT2D eigenvalue weighted by Crippen LogP contribution is -2.48. The third-order valence-electron chi connectivity index (χ3n) is 13.8. The van der Waals surface area contributed by atoms with Crippen LogP contribution in [0.15, 0.2) is 24.3 Å². The van der Waals surface area contributed by atoms with E-state index in [0.717, 1.165) is 32.1 Å². The molecule has 0 bridgehead atoms. The number of hydrogen-bond donors (Lipinski definition) is 4. The lowest BCUT2D eigenvalue weighted by Gasteiger charge is -2.21. The number of aliphatic hydroxyl groups excluding tert-OH is 3. The van der Waals surface area contributed by atoms with Crippen LogP contribution in [0.1, 0.15) is 322 Å². The monoisotopic (exact) mass is 902 g/mol. The molecule has 64 heavy (non-hydrogen) atoms. The van der Waals surface area contributed by atoms with E-state index < -0.39 is 24.2 Å². The number of unbranched alkanes of at least 4 members (excludes halogenated alkanes) is 44. The molecule has 4 N–H and O–H groups in total. The Morgan fingerprint density at radius 3 is 0.906 bits per heavy atom. The summed E-state index contributed by atoms with van der Waals surface area (Å²) in [4.78, 5) is 12.6. The molecule has 3 unspecified atom stereocenters. The first kappa shape index (κ1) is 62.8. The summed E-state index contributed by atoms with van der Waals surface area (Å²) in [6.45, 7) is 4.22. The first-order chi connectivity index (χ1) is 31.6. The minimum absolute atomic E-state index is 0.361. The van der Waals surface area contributed by atoms with Gasteiger partial charge in [0.2, 0.25) is 5.91 Å². The number of nitrogens with one attached hydrogen (secondary N) is 1. The SMILES string of the molecule is CCCCCCCCCCCCCC/C=C\CCCCCCCCCCCC(O)C(=O)NC(CO)C(O)/C=C/CCCCCCCCCCCCCCCCCCCCCCCCC. The van der Waals surface area contributed by atoms with Gasteiger partial charge in [0.15, 0.2) is 0 Å². The van der Waals surface area contributed by atoms with Crippen LogP contribution in [-0.2, 0) is 4.79 Å². The number of carbonyl (C=O) groups excluding carboxylic acids is 1. The third-order valence-corrected chi connectivity index (χ3v) is 13.8. The Labute approximate surface area is 401 Å². The van der Waals surface area contributed by atoms with Crippen LogP contribution >= 0.6 is 0 Å². The Hall–Kier alpha value is -1.17. The van der Waals surface area contributed by atoms with Gasteiger partial charge in [0.05, 0.1) is 18.8 Å². The number of aliphatic hydroxyl groups is 3. The van der Waals surface area contributed by atoms with Crippen molar-refractivity contribution in [3.8, 4) is 0 Å². The second kappa shape index (κ2) is 54.4. The van der Waals surface area contributed by atoms with Gasteiger partial charge >= 0.3 is 0 Å². The van der Waals surface area contributed by atoms with E-state index in [9.17, 15) is 20.1 Å². The van der Waals surface area contributed by atoms with E-state index in [1.165, 1.54) is 270 Å². The fraction of sp³-hybridized carbons (Fsp3) is 0.915. The smallest absolute Gasteiger partial charge is 0.249 e. The van der Waals surface area contributed by atoms with E-state index in [1.54, 1.807) is 6.08 Å². The van der Waals surface area contributed by atoms with E-state index in [4.69, 9.17) is 0 Å². The first-order valence-corrected chi connectivity index (χ1v) is 29.2. The summed E-state index contributed by atoms with van der Waals surface area (Å²) in [7, 11) is 0. The van der Waals surface area contributed by atoms with Crippen LogP contribution < -0.4 is 5.32 Å². The maximum Gasteiger partial charge on any atom is 0.249 e. The Morgan fingerprint density at radius 2 is 0.625 bits per heavy atom. The van der Waals surface area contributed by atoms with Crippen LogP contribution in [0.4, 0.5) is 0 Å². The van der Waals surface area contributed by atoms with Crippen LogP contribution in [0, 0.1) is 0 Å². The molecule has 0 saturated carbocycles. The predicted octanol–water partition coefficient (Wildman–Crippen LogP) is 18.1. The Kier molecular flexibility index (Phi) is 53.4. The van der Waals surface area contributed by atoms with Gasteiger partial charge in [0.25, 0.3) is 0 Å². The zero-order valence-corrected chi connectivity index (χ0v) is 43.4. The van der Waals surface area contributed by atoms with E-state index in [1.807, 2.05) is 6.08 Å². The molecule has 3 atom stereocenters. The molecule has 0 aliphatic rings. The van der Waals surface area contributed by atoms with Crippen molar-refractivity contribution in [2.24, 2.45) is 0 Å². The van der Waals surface area contributed by atoms with Crippen molar-refractivity contribution in [1.29, 1.82) is 0 Å². The molecule has 0 spiro atoms. The molecule has 0 aromatic heterocycles. The van der Waals surface area contributed by atoms with Crippen LogP contribution in [0.3, 0.4) is 0 Å². The lowest BCUT2D eigenvalue weighted by atomic mass is 10.0. The van der Waals surface area contributed by atoms with Gasteiger partial charge in [-0.2, -0.15) is 0 Å². The molecule has 0 rings (SSSR count). The second-order valence-corrected chi connectivity index (χ2v) is 20.2. The summed E-state index contributed by atoms with van der Waals surface area (Å²) in [5, 5.41) is 33.4. The molecular formula is C59H115NO4. The van der Waals surface area contributed by atoms with Crippen LogP contribution in [0.5, 0.6) is 0 Å². The standard InChI is InChI=1S/C59H115NO4/c1-3-5-7-9-11-13-15-17-19-21-23-25-27-29-31-33-35-37-39-41-43-45-47-49-51-53-57(62)56(55-61)60-59(64)58(63)54-52-50-48-46-44-42-40-38-36-34-32-30-28-26-24-22-20-18-16-14-12-10-8-6-4-2/h30,32,51,53,56-58,61-63H,3-29,31,33-50,52,54-55H2,1-2H3,(H,60,64)/b32-30-,53-51+. The highest BCUT2D eigenvalue weighted by Crippen LogP contribution is 2.18. The topological polar surface area (TPSA) is 89.8 Å². The highest BCUT2D eigenvalue weighted by molar-refractivity contribution is 5.80. The summed E-state index contributed by atoms with van der Waals surface area (Å²) < 4.78 is 0. The Balaban J connectivity index is 3.56. The van der Waals surface area contributed by atoms with Gasteiger partial charge in [-0.25, -0.2) is 0 Å². The Morgan fingerprint density at radius 1 is 0.375 bits per heavy atom. The van der Waals surface area contributed by atoms with Crippen molar-refractivity contribution in [2.75, 3.05) is 6.61 Å². The molecule has 0 fully saturated rings. The maximum absolute atomic E-state index is 12.6. The van der Waals surface area contributed by atoms with E-state index in [2.05, 4.69) is 31.3 Å².